The van der Waals surface area contributed by atoms with Crippen molar-refractivity contribution >= 4 is 15.0 Å². The first-order valence-corrected chi connectivity index (χ1v) is 13.4. The average molecular weight is 450 g/mol. The molecule has 0 saturated carbocycles. The van der Waals surface area contributed by atoms with Crippen molar-refractivity contribution in [3.05, 3.63) is 70.8 Å². The number of aryl methyl sites for hydroxylation is 2. The van der Waals surface area contributed by atoms with Gasteiger partial charge in [-0.25, -0.2) is 0 Å². The Balaban J connectivity index is 0.00000108. The Morgan fingerprint density at radius 1 is 0.607 bits per heavy atom. The fourth-order valence-corrected chi connectivity index (χ4v) is 4.57. The van der Waals surface area contributed by atoms with Gasteiger partial charge in [-0.3, -0.25) is 0 Å². The molecule has 0 heterocycles. The Bertz CT molecular complexity index is 558. The van der Waals surface area contributed by atoms with Crippen LogP contribution in [0.25, 0.3) is 0 Å². The van der Waals surface area contributed by atoms with Crippen molar-refractivity contribution in [1.29, 1.82) is 0 Å². The summed E-state index contributed by atoms with van der Waals surface area (Å²) in [6.45, 7) is 10.7. The average Bonchev–Trinajstić information content (AvgIpc) is 2.70. The maximum atomic E-state index is 7.57. The van der Waals surface area contributed by atoms with E-state index in [1.807, 2.05) is 0 Å². The third-order valence-corrected chi connectivity index (χ3v) is 6.20. The fourth-order valence-electron chi connectivity index (χ4n) is 2.56. The van der Waals surface area contributed by atoms with Crippen molar-refractivity contribution in [1.82, 2.24) is 0 Å². The molecule has 0 unspecified atom stereocenters. The van der Waals surface area contributed by atoms with E-state index in [2.05, 4.69) is 76.2 Å². The van der Waals surface area contributed by atoms with E-state index >= 15 is 0 Å². The molecule has 0 aromatic heterocycles. The summed E-state index contributed by atoms with van der Waals surface area (Å²) in [6.07, 6.45) is 7.50. The second kappa shape index (κ2) is 19.2. The molecule has 0 aliphatic heterocycles. The molecule has 2 rings (SSSR count). The predicted molar refractivity (Wildman–Crippen MR) is 127 cm³/mol. The zero-order valence-electron chi connectivity index (χ0n) is 18.8. The molecule has 158 valence electrons. The molecule has 2 aromatic rings. The van der Waals surface area contributed by atoms with Gasteiger partial charge in [0, 0.05) is 6.61 Å². The van der Waals surface area contributed by atoms with Crippen molar-refractivity contribution in [3.8, 4) is 0 Å². The molecular formula is C26H42OSe. The van der Waals surface area contributed by atoms with E-state index in [-0.39, 0.29) is 6.61 Å². The summed E-state index contributed by atoms with van der Waals surface area (Å²) in [7, 11) is 0. The van der Waals surface area contributed by atoms with Gasteiger partial charge in [-0.15, -0.1) is 0 Å². The smallest absolute Gasteiger partial charge is 0.0402 e. The standard InChI is InChI=1S/C21H28Se.C3H8.C2H6O/c1-3-5-7-19-10-14-21(15-11-19)17-22-16-20-12-8-18(6-4-2)9-13-20;1-3-2;1-2-3/h8-15H,3-7,16-17H2,1-2H3;3H2,1-2H3;3H,2H2,1H3. The molecule has 0 radical (unpaired) electrons. The molecule has 0 bridgehead atoms. The van der Waals surface area contributed by atoms with Crippen LogP contribution in [0.4, 0.5) is 0 Å². The normalized spacial score (nSPS) is 9.79. The first-order chi connectivity index (χ1) is 13.6. The van der Waals surface area contributed by atoms with Gasteiger partial charge in [0.2, 0.25) is 0 Å². The van der Waals surface area contributed by atoms with Gasteiger partial charge in [-0.05, 0) is 6.92 Å². The summed E-state index contributed by atoms with van der Waals surface area (Å²) in [5, 5.41) is 10.1. The summed E-state index contributed by atoms with van der Waals surface area (Å²) in [6, 6.07) is 18.5. The zero-order chi connectivity index (χ0) is 21.0. The third-order valence-electron chi connectivity index (χ3n) is 3.94. The summed E-state index contributed by atoms with van der Waals surface area (Å²) in [5.41, 5.74) is 5.97. The molecule has 0 aliphatic carbocycles. The molecule has 0 fully saturated rings. The second-order valence-corrected chi connectivity index (χ2v) is 9.07. The van der Waals surface area contributed by atoms with Crippen LogP contribution in [0.15, 0.2) is 48.5 Å². The van der Waals surface area contributed by atoms with E-state index in [0.29, 0.717) is 15.0 Å². The maximum Gasteiger partial charge on any atom is 0.0402 e. The minimum atomic E-state index is 0.250. The van der Waals surface area contributed by atoms with Crippen LogP contribution in [0.2, 0.25) is 0 Å². The fraction of sp³-hybridized carbons (Fsp3) is 0.538. The largest absolute Gasteiger partial charge is 0.397 e. The molecular weight excluding hydrogens is 407 g/mol. The first-order valence-electron chi connectivity index (χ1n) is 11.0. The summed E-state index contributed by atoms with van der Waals surface area (Å²) in [4.78, 5) is 0. The van der Waals surface area contributed by atoms with E-state index < -0.39 is 0 Å². The molecule has 0 spiro atoms. The Hall–Kier alpha value is -1.08. The van der Waals surface area contributed by atoms with Gasteiger partial charge in [0.05, 0.1) is 0 Å². The quantitative estimate of drug-likeness (QED) is 0.417. The number of hydrogen-bond donors (Lipinski definition) is 1. The van der Waals surface area contributed by atoms with Crippen LogP contribution in [-0.4, -0.2) is 26.7 Å². The minimum absolute atomic E-state index is 0.250. The molecule has 0 amide bonds. The van der Waals surface area contributed by atoms with Crippen molar-refractivity contribution in [2.75, 3.05) is 6.61 Å². The summed E-state index contributed by atoms with van der Waals surface area (Å²) >= 11 is 0.664. The van der Waals surface area contributed by atoms with Crippen LogP contribution in [-0.2, 0) is 23.5 Å². The first kappa shape index (κ1) is 26.9. The molecule has 0 saturated heterocycles. The molecule has 2 heteroatoms. The van der Waals surface area contributed by atoms with E-state index in [1.165, 1.54) is 71.4 Å². The van der Waals surface area contributed by atoms with Gasteiger partial charge in [-0.2, -0.15) is 0 Å². The Labute approximate surface area is 181 Å². The van der Waals surface area contributed by atoms with Crippen LogP contribution < -0.4 is 0 Å². The molecule has 2 aromatic carbocycles. The number of rotatable bonds is 9. The molecule has 1 nitrogen and oxygen atoms in total. The van der Waals surface area contributed by atoms with Crippen molar-refractivity contribution in [2.45, 2.75) is 83.8 Å². The number of hydrogen-bond acceptors (Lipinski definition) is 1. The number of aliphatic hydroxyl groups excluding tert-OH is 1. The Morgan fingerprint density at radius 3 is 1.32 bits per heavy atom. The monoisotopic (exact) mass is 450 g/mol. The SMILES string of the molecule is CCC.CCCCc1ccc(C[Se]Cc2ccc(CCC)cc2)cc1.CCO. The summed E-state index contributed by atoms with van der Waals surface area (Å²) in [5.74, 6) is 0. The Kier molecular flexibility index (Phi) is 18.5. The van der Waals surface area contributed by atoms with Crippen LogP contribution in [0.5, 0.6) is 0 Å². The van der Waals surface area contributed by atoms with Crippen molar-refractivity contribution in [3.63, 3.8) is 0 Å². The molecule has 1 N–H and O–H groups in total. The number of aliphatic hydroxyl groups is 1. The van der Waals surface area contributed by atoms with Gasteiger partial charge >= 0.3 is 142 Å². The van der Waals surface area contributed by atoms with Gasteiger partial charge in [0.15, 0.2) is 0 Å². The Morgan fingerprint density at radius 2 is 0.964 bits per heavy atom. The predicted octanol–water partition coefficient (Wildman–Crippen LogP) is 6.80. The molecule has 0 aliphatic rings. The maximum absolute atomic E-state index is 7.57. The second-order valence-electron chi connectivity index (χ2n) is 7.00. The third kappa shape index (κ3) is 14.0. The van der Waals surface area contributed by atoms with Gasteiger partial charge in [0.25, 0.3) is 0 Å². The minimum Gasteiger partial charge on any atom is -0.397 e. The number of unbranched alkanes of at least 4 members (excludes halogenated alkanes) is 1. The van der Waals surface area contributed by atoms with Crippen LogP contribution in [0.3, 0.4) is 0 Å². The zero-order valence-corrected chi connectivity index (χ0v) is 20.6. The van der Waals surface area contributed by atoms with Gasteiger partial charge < -0.3 is 5.11 Å². The molecule has 0 atom stereocenters. The number of benzene rings is 2. The van der Waals surface area contributed by atoms with Crippen molar-refractivity contribution < 1.29 is 5.11 Å². The van der Waals surface area contributed by atoms with E-state index in [1.54, 1.807) is 6.92 Å². The van der Waals surface area contributed by atoms with Crippen LogP contribution >= 0.6 is 0 Å². The van der Waals surface area contributed by atoms with E-state index in [0.717, 1.165) is 0 Å². The van der Waals surface area contributed by atoms with Gasteiger partial charge in [-0.1, -0.05) is 20.3 Å². The van der Waals surface area contributed by atoms with E-state index in [9.17, 15) is 0 Å². The topological polar surface area (TPSA) is 20.2 Å². The van der Waals surface area contributed by atoms with E-state index in [4.69, 9.17) is 5.11 Å². The summed E-state index contributed by atoms with van der Waals surface area (Å²) < 4.78 is 0. The van der Waals surface area contributed by atoms with Crippen LogP contribution in [0, 0.1) is 0 Å². The van der Waals surface area contributed by atoms with Crippen molar-refractivity contribution in [2.24, 2.45) is 0 Å². The molecule has 28 heavy (non-hydrogen) atoms. The van der Waals surface area contributed by atoms with Gasteiger partial charge in [0.1, 0.15) is 0 Å². The van der Waals surface area contributed by atoms with Crippen LogP contribution in [0.1, 0.15) is 82.6 Å².